The molecule has 2 aliphatic rings. The molecule has 2 aliphatic carbocycles. The van der Waals surface area contributed by atoms with Gasteiger partial charge in [-0.25, -0.2) is 0 Å². The van der Waals surface area contributed by atoms with Crippen LogP contribution in [0.5, 0.6) is 11.5 Å². The Morgan fingerprint density at radius 1 is 0.370 bits per heavy atom. The summed E-state index contributed by atoms with van der Waals surface area (Å²) in [5.74, 6) is -2.23. The predicted octanol–water partition coefficient (Wildman–Crippen LogP) is 6.94. The van der Waals surface area contributed by atoms with Crippen molar-refractivity contribution in [1.29, 1.82) is 0 Å². The molecule has 6 aromatic carbocycles. The molecule has 10 nitrogen and oxygen atoms in total. The van der Waals surface area contributed by atoms with E-state index in [0.717, 1.165) is 0 Å². The molecule has 0 bridgehead atoms. The van der Waals surface area contributed by atoms with Gasteiger partial charge in [0, 0.05) is 33.4 Å². The molecule has 10 heteroatoms. The average Bonchev–Trinajstić information content (AvgIpc) is 3.21. The number of fused-ring (bicyclic) bond motifs is 4. The van der Waals surface area contributed by atoms with Gasteiger partial charge in [0.1, 0.15) is 11.5 Å². The molecule has 0 aliphatic heterocycles. The van der Waals surface area contributed by atoms with Crippen molar-refractivity contribution >= 4 is 46.3 Å². The van der Waals surface area contributed by atoms with E-state index in [9.17, 15) is 28.8 Å². The summed E-state index contributed by atoms with van der Waals surface area (Å²) in [6.45, 7) is -0.737. The number of nitrogens with one attached hydrogen (secondary N) is 2. The first-order valence-electron chi connectivity index (χ1n) is 17.0. The van der Waals surface area contributed by atoms with Gasteiger partial charge in [-0.1, -0.05) is 97.1 Å². The highest BCUT2D eigenvalue weighted by Crippen LogP contribution is 2.43. The summed E-state index contributed by atoms with van der Waals surface area (Å²) in [6, 6.07) is 36.2. The Hall–Kier alpha value is -7.46. The van der Waals surface area contributed by atoms with Crippen LogP contribution < -0.4 is 20.1 Å². The number of anilines is 2. The molecule has 0 radical (unpaired) electrons. The first kappa shape index (κ1) is 33.7. The lowest BCUT2D eigenvalue weighted by Gasteiger charge is -2.26. The van der Waals surface area contributed by atoms with E-state index in [1.54, 1.807) is 72.8 Å². The van der Waals surface area contributed by atoms with E-state index in [1.165, 1.54) is 48.5 Å². The third-order valence-electron chi connectivity index (χ3n) is 9.22. The van der Waals surface area contributed by atoms with Crippen LogP contribution in [0.15, 0.2) is 133 Å². The first-order chi connectivity index (χ1) is 26.3. The van der Waals surface area contributed by atoms with Gasteiger partial charge >= 0.3 is 0 Å². The van der Waals surface area contributed by atoms with Gasteiger partial charge in [0.2, 0.25) is 0 Å². The van der Waals surface area contributed by atoms with Crippen molar-refractivity contribution in [3.63, 3.8) is 0 Å². The number of carbonyl (C=O) groups excluding carboxylic acids is 6. The maximum absolute atomic E-state index is 14.4. The van der Waals surface area contributed by atoms with E-state index in [1.807, 2.05) is 12.1 Å². The standard InChI is InChI=1S/C44H28N2O8/c47-35(23-53-25-11-3-1-4-12-25)45-33-21-19-27(37-39(33)43(51)31-17-9-7-15-29(31)41(37)49)28-20-22-34(46-36(48)24-54-26-13-5-2-6-14-26)40-38(28)42(50)30-16-8-10-18-32(30)44(40)52/h1-22H,23-24H2,(H,45,47)(H,46,48). The minimum absolute atomic E-state index is 0.0465. The fourth-order valence-corrected chi connectivity index (χ4v) is 6.81. The Balaban J connectivity index is 1.24. The minimum atomic E-state index is -0.570. The third kappa shape index (κ3) is 6.01. The molecule has 8 rings (SSSR count). The van der Waals surface area contributed by atoms with Crippen molar-refractivity contribution in [2.45, 2.75) is 0 Å². The Labute approximate surface area is 308 Å². The zero-order valence-corrected chi connectivity index (χ0v) is 28.4. The van der Waals surface area contributed by atoms with Gasteiger partial charge in [-0.05, 0) is 47.5 Å². The molecule has 0 saturated carbocycles. The molecule has 2 amide bonds. The van der Waals surface area contributed by atoms with Crippen molar-refractivity contribution in [1.82, 2.24) is 0 Å². The van der Waals surface area contributed by atoms with E-state index in [4.69, 9.17) is 9.47 Å². The van der Waals surface area contributed by atoms with Gasteiger partial charge in [-0.2, -0.15) is 0 Å². The zero-order valence-electron chi connectivity index (χ0n) is 28.4. The summed E-state index contributed by atoms with van der Waals surface area (Å²) in [6.07, 6.45) is 0. The van der Waals surface area contributed by atoms with Crippen LogP contribution in [0.3, 0.4) is 0 Å². The van der Waals surface area contributed by atoms with Gasteiger partial charge in [-0.3, -0.25) is 28.8 Å². The summed E-state index contributed by atoms with van der Waals surface area (Å²) in [5.41, 5.74) is 0.919. The topological polar surface area (TPSA) is 145 Å². The highest BCUT2D eigenvalue weighted by molar-refractivity contribution is 6.35. The normalized spacial score (nSPS) is 12.5. The number of hydrogen-bond donors (Lipinski definition) is 2. The van der Waals surface area contributed by atoms with Crippen LogP contribution in [0.2, 0.25) is 0 Å². The smallest absolute Gasteiger partial charge is 0.262 e. The number of rotatable bonds is 9. The fraction of sp³-hybridized carbons (Fsp3) is 0.0455. The van der Waals surface area contributed by atoms with Crippen LogP contribution >= 0.6 is 0 Å². The Morgan fingerprint density at radius 3 is 1.04 bits per heavy atom. The average molecular weight is 713 g/mol. The van der Waals surface area contributed by atoms with Crippen LogP contribution in [-0.4, -0.2) is 48.2 Å². The van der Waals surface area contributed by atoms with E-state index in [2.05, 4.69) is 10.6 Å². The van der Waals surface area contributed by atoms with Crippen LogP contribution in [0.1, 0.15) is 63.7 Å². The van der Waals surface area contributed by atoms with Gasteiger partial charge in [0.05, 0.1) is 22.5 Å². The van der Waals surface area contributed by atoms with E-state index < -0.39 is 34.9 Å². The summed E-state index contributed by atoms with van der Waals surface area (Å²) in [7, 11) is 0. The van der Waals surface area contributed by atoms with E-state index >= 15 is 0 Å². The Kier molecular flexibility index (Phi) is 8.68. The van der Waals surface area contributed by atoms with Gasteiger partial charge in [0.25, 0.3) is 11.8 Å². The van der Waals surface area contributed by atoms with Crippen molar-refractivity contribution in [3.8, 4) is 22.6 Å². The minimum Gasteiger partial charge on any atom is -0.484 e. The van der Waals surface area contributed by atoms with E-state index in [0.29, 0.717) is 11.5 Å². The van der Waals surface area contributed by atoms with Crippen LogP contribution in [-0.2, 0) is 9.59 Å². The van der Waals surface area contributed by atoms with Crippen molar-refractivity contribution < 1.29 is 38.2 Å². The molecule has 6 aromatic rings. The molecule has 262 valence electrons. The van der Waals surface area contributed by atoms with Crippen LogP contribution in [0, 0.1) is 0 Å². The molecular formula is C44H28N2O8. The highest BCUT2D eigenvalue weighted by atomic mass is 16.5. The maximum atomic E-state index is 14.4. The zero-order chi connectivity index (χ0) is 37.3. The van der Waals surface area contributed by atoms with Gasteiger partial charge in [-0.15, -0.1) is 0 Å². The SMILES string of the molecule is O=C(COc1ccccc1)Nc1ccc(-c2ccc(NC(=O)COc3ccccc3)c3c2C(=O)c2ccccc2C3=O)c2c1C(=O)c1ccccc1C2=O. The first-order valence-corrected chi connectivity index (χ1v) is 17.0. The Morgan fingerprint density at radius 2 is 0.685 bits per heavy atom. The lowest BCUT2D eigenvalue weighted by atomic mass is 9.75. The number of hydrogen-bond acceptors (Lipinski definition) is 8. The van der Waals surface area contributed by atoms with Crippen molar-refractivity contribution in [2.24, 2.45) is 0 Å². The predicted molar refractivity (Wildman–Crippen MR) is 200 cm³/mol. The van der Waals surface area contributed by atoms with Crippen LogP contribution in [0.4, 0.5) is 11.4 Å². The van der Waals surface area contributed by atoms with Gasteiger partial charge < -0.3 is 20.1 Å². The lowest BCUT2D eigenvalue weighted by Crippen LogP contribution is -2.28. The summed E-state index contributed by atoms with van der Waals surface area (Å²) >= 11 is 0. The molecule has 54 heavy (non-hydrogen) atoms. The van der Waals surface area contributed by atoms with E-state index in [-0.39, 0.29) is 80.2 Å². The molecule has 0 unspecified atom stereocenters. The monoisotopic (exact) mass is 712 g/mol. The van der Waals surface area contributed by atoms with Crippen molar-refractivity contribution in [3.05, 3.63) is 178 Å². The summed E-state index contributed by atoms with van der Waals surface area (Å²) in [4.78, 5) is 83.5. The Bertz CT molecular complexity index is 2380. The maximum Gasteiger partial charge on any atom is 0.262 e. The molecule has 0 atom stereocenters. The third-order valence-corrected chi connectivity index (χ3v) is 9.22. The molecule has 0 fully saturated rings. The number of benzene rings is 6. The quantitative estimate of drug-likeness (QED) is 0.164. The summed E-state index contributed by atoms with van der Waals surface area (Å²) < 4.78 is 11.2. The molecular weight excluding hydrogens is 684 g/mol. The van der Waals surface area contributed by atoms with Gasteiger partial charge in [0.15, 0.2) is 36.3 Å². The fourth-order valence-electron chi connectivity index (χ4n) is 6.81. The number of ether oxygens (including phenoxy) is 2. The molecule has 0 heterocycles. The number of carbonyl (C=O) groups is 6. The summed E-state index contributed by atoms with van der Waals surface area (Å²) in [5, 5.41) is 5.46. The number of amides is 2. The largest absolute Gasteiger partial charge is 0.484 e. The second-order valence-electron chi connectivity index (χ2n) is 12.5. The molecule has 0 spiro atoms. The highest BCUT2D eigenvalue weighted by Gasteiger charge is 2.38. The molecule has 0 saturated heterocycles. The molecule has 2 N–H and O–H groups in total. The molecule has 0 aromatic heterocycles. The lowest BCUT2D eigenvalue weighted by molar-refractivity contribution is -0.118. The number of para-hydroxylation sites is 2. The van der Waals surface area contributed by atoms with Crippen LogP contribution in [0.25, 0.3) is 11.1 Å². The van der Waals surface area contributed by atoms with Crippen molar-refractivity contribution in [2.75, 3.05) is 23.8 Å². The second-order valence-corrected chi connectivity index (χ2v) is 12.5. The second kappa shape index (κ2) is 13.9. The number of ketones is 4.